The van der Waals surface area contributed by atoms with Crippen molar-refractivity contribution in [3.05, 3.63) is 12.3 Å². The lowest BCUT2D eigenvalue weighted by atomic mass is 10.2. The van der Waals surface area contributed by atoms with Crippen LogP contribution in [-0.4, -0.2) is 23.7 Å². The highest BCUT2D eigenvalue weighted by Crippen LogP contribution is 2.02. The molecule has 48 valence electrons. The summed E-state index contributed by atoms with van der Waals surface area (Å²) in [5.74, 6) is 0. The Bertz CT molecular complexity index is 309. The molecule has 0 spiro atoms. The van der Waals surface area contributed by atoms with Crippen molar-refractivity contribution < 1.29 is 4.79 Å². The molecule has 0 aromatic carbocycles. The van der Waals surface area contributed by atoms with Gasteiger partial charge in [-0.25, -0.2) is 4.79 Å². The predicted octanol–water partition coefficient (Wildman–Crippen LogP) is 0.600. The number of allylic oxidation sites excluding steroid dienone is 1. The van der Waals surface area contributed by atoms with Gasteiger partial charge >= 0.3 is 6.03 Å². The second-order valence-corrected chi connectivity index (χ2v) is 1.87. The van der Waals surface area contributed by atoms with E-state index in [0.717, 1.165) is 0 Å². The van der Waals surface area contributed by atoms with Gasteiger partial charge in [0.1, 0.15) is 5.71 Å². The zero-order chi connectivity index (χ0) is 6.97. The van der Waals surface area contributed by atoms with Crippen LogP contribution in [-0.2, 0) is 0 Å². The zero-order valence-electron chi connectivity index (χ0n) is 4.98. The predicted molar refractivity (Wildman–Crippen MR) is 37.9 cm³/mol. The molecule has 0 fully saturated rings. The molecule has 0 atom stereocenters. The van der Waals surface area contributed by atoms with Crippen molar-refractivity contribution in [2.24, 2.45) is 15.0 Å². The van der Waals surface area contributed by atoms with Gasteiger partial charge in [-0.2, -0.15) is 9.98 Å². The Balaban J connectivity index is 2.51. The van der Waals surface area contributed by atoms with Crippen LogP contribution >= 0.6 is 0 Å². The van der Waals surface area contributed by atoms with Crippen molar-refractivity contribution in [2.45, 2.75) is 0 Å². The fourth-order valence-corrected chi connectivity index (χ4v) is 0.782. The monoisotopic (exact) mass is 133 g/mol. The third-order valence-electron chi connectivity index (χ3n) is 1.22. The van der Waals surface area contributed by atoms with E-state index in [-0.39, 0.29) is 0 Å². The third-order valence-corrected chi connectivity index (χ3v) is 1.22. The zero-order valence-corrected chi connectivity index (χ0v) is 4.98. The standard InChI is InChI=1S/C6H3N3O/c10-6-8-3-5-4(9-6)1-2-7-5/h1-3H. The van der Waals surface area contributed by atoms with E-state index in [1.807, 2.05) is 0 Å². The van der Waals surface area contributed by atoms with Crippen LogP contribution in [0.4, 0.5) is 4.79 Å². The van der Waals surface area contributed by atoms with Crippen molar-refractivity contribution in [2.75, 3.05) is 0 Å². The summed E-state index contributed by atoms with van der Waals surface area (Å²) in [6.45, 7) is 0. The van der Waals surface area contributed by atoms with E-state index in [1.165, 1.54) is 6.21 Å². The molecular formula is C6H3N3O. The minimum absolute atomic E-state index is 0.458. The van der Waals surface area contributed by atoms with Crippen LogP contribution in [0.2, 0.25) is 0 Å². The Kier molecular flexibility index (Phi) is 0.887. The second kappa shape index (κ2) is 1.70. The Hall–Kier alpha value is -1.58. The molecule has 2 heterocycles. The Morgan fingerprint density at radius 2 is 2.20 bits per heavy atom. The topological polar surface area (TPSA) is 54.1 Å². The summed E-state index contributed by atoms with van der Waals surface area (Å²) in [5.41, 5.74) is 1.28. The molecule has 4 nitrogen and oxygen atoms in total. The van der Waals surface area contributed by atoms with Crippen LogP contribution in [0.15, 0.2) is 27.3 Å². The summed E-state index contributed by atoms with van der Waals surface area (Å²) in [7, 11) is 0. The van der Waals surface area contributed by atoms with E-state index in [2.05, 4.69) is 15.0 Å². The summed E-state index contributed by atoms with van der Waals surface area (Å²) < 4.78 is 0. The summed E-state index contributed by atoms with van der Waals surface area (Å²) in [6.07, 6.45) is 4.70. The number of nitrogens with zero attached hydrogens (tertiary/aromatic N) is 3. The lowest BCUT2D eigenvalue weighted by Crippen LogP contribution is -2.16. The van der Waals surface area contributed by atoms with Crippen LogP contribution in [0.3, 0.4) is 0 Å². The number of carbonyl (C=O) groups is 1. The number of rotatable bonds is 0. The van der Waals surface area contributed by atoms with Gasteiger partial charge in [0.05, 0.1) is 11.9 Å². The minimum Gasteiger partial charge on any atom is -0.253 e. The first-order valence-corrected chi connectivity index (χ1v) is 2.78. The maximum absolute atomic E-state index is 10.5. The molecule has 10 heavy (non-hydrogen) atoms. The minimum atomic E-state index is -0.458. The Morgan fingerprint density at radius 3 is 3.10 bits per heavy atom. The van der Waals surface area contributed by atoms with Crippen LogP contribution in [0.25, 0.3) is 0 Å². The molecular weight excluding hydrogens is 130 g/mol. The van der Waals surface area contributed by atoms with Crippen molar-refractivity contribution in [3.8, 4) is 0 Å². The van der Waals surface area contributed by atoms with Crippen molar-refractivity contribution in [1.29, 1.82) is 0 Å². The molecule has 0 aromatic rings. The van der Waals surface area contributed by atoms with Gasteiger partial charge in [0.2, 0.25) is 0 Å². The quantitative estimate of drug-likeness (QED) is 0.477. The molecule has 0 N–H and O–H groups in total. The van der Waals surface area contributed by atoms with E-state index in [9.17, 15) is 4.79 Å². The number of aliphatic imine (C=N–C) groups is 3. The first kappa shape index (κ1) is 5.22. The van der Waals surface area contributed by atoms with Gasteiger partial charge in [0, 0.05) is 6.20 Å². The van der Waals surface area contributed by atoms with E-state index >= 15 is 0 Å². The van der Waals surface area contributed by atoms with Gasteiger partial charge in [-0.15, -0.1) is 0 Å². The van der Waals surface area contributed by atoms with Crippen LogP contribution < -0.4 is 0 Å². The maximum Gasteiger partial charge on any atom is 0.367 e. The fraction of sp³-hybridized carbons (Fsp3) is 0. The molecule has 0 aliphatic carbocycles. The number of carbonyl (C=O) groups excluding carboxylic acids is 1. The highest BCUT2D eigenvalue weighted by Gasteiger charge is 2.13. The summed E-state index contributed by atoms with van der Waals surface area (Å²) in [6, 6.07) is -0.458. The highest BCUT2D eigenvalue weighted by molar-refractivity contribution is 6.68. The van der Waals surface area contributed by atoms with E-state index in [0.29, 0.717) is 11.4 Å². The largest absolute Gasteiger partial charge is 0.367 e. The Labute approximate surface area is 56.7 Å². The van der Waals surface area contributed by atoms with Crippen LogP contribution in [0.1, 0.15) is 0 Å². The van der Waals surface area contributed by atoms with E-state index in [4.69, 9.17) is 0 Å². The maximum atomic E-state index is 10.5. The molecule has 0 saturated heterocycles. The number of hydrogen-bond acceptors (Lipinski definition) is 2. The first-order chi connectivity index (χ1) is 4.86. The molecule has 2 rings (SSSR count). The normalized spacial score (nSPS) is 20.6. The van der Waals surface area contributed by atoms with Gasteiger partial charge in [-0.05, 0) is 6.08 Å². The van der Waals surface area contributed by atoms with Crippen molar-refractivity contribution in [3.63, 3.8) is 0 Å². The molecule has 4 heteroatoms. The van der Waals surface area contributed by atoms with E-state index in [1.54, 1.807) is 12.3 Å². The SMILES string of the molecule is O=C1N=CC2=NC=CC2=N1. The number of amides is 2. The number of fused-ring (bicyclic) bond motifs is 1. The lowest BCUT2D eigenvalue weighted by molar-refractivity contribution is 0.257. The molecule has 0 bridgehead atoms. The van der Waals surface area contributed by atoms with E-state index < -0.39 is 6.03 Å². The van der Waals surface area contributed by atoms with Crippen molar-refractivity contribution in [1.82, 2.24) is 0 Å². The molecule has 0 aromatic heterocycles. The molecule has 2 amide bonds. The van der Waals surface area contributed by atoms with Gasteiger partial charge in [-0.3, -0.25) is 4.99 Å². The van der Waals surface area contributed by atoms with Crippen molar-refractivity contribution >= 4 is 23.7 Å². The molecule has 0 unspecified atom stereocenters. The number of urea groups is 1. The summed E-state index contributed by atoms with van der Waals surface area (Å²) in [4.78, 5) is 21.5. The van der Waals surface area contributed by atoms with Gasteiger partial charge in [0.25, 0.3) is 0 Å². The molecule has 0 saturated carbocycles. The summed E-state index contributed by atoms with van der Waals surface area (Å²) >= 11 is 0. The average molecular weight is 133 g/mol. The van der Waals surface area contributed by atoms with Gasteiger partial charge < -0.3 is 0 Å². The molecule has 0 radical (unpaired) electrons. The molecule has 2 aliphatic heterocycles. The smallest absolute Gasteiger partial charge is 0.253 e. The number of hydrogen-bond donors (Lipinski definition) is 0. The highest BCUT2D eigenvalue weighted by atomic mass is 16.2. The lowest BCUT2D eigenvalue weighted by Gasteiger charge is -1.97. The third kappa shape index (κ3) is 0.621. The average Bonchev–Trinajstić information content (AvgIpc) is 2.33. The first-order valence-electron chi connectivity index (χ1n) is 2.78. The van der Waals surface area contributed by atoms with Gasteiger partial charge in [0.15, 0.2) is 0 Å². The fourth-order valence-electron chi connectivity index (χ4n) is 0.782. The van der Waals surface area contributed by atoms with Crippen LogP contribution in [0, 0.1) is 0 Å². The molecule has 2 aliphatic rings. The summed E-state index contributed by atoms with van der Waals surface area (Å²) in [5, 5.41) is 0. The second-order valence-electron chi connectivity index (χ2n) is 1.87. The Morgan fingerprint density at radius 1 is 1.30 bits per heavy atom. The van der Waals surface area contributed by atoms with Crippen LogP contribution in [0.5, 0.6) is 0 Å². The van der Waals surface area contributed by atoms with Gasteiger partial charge in [-0.1, -0.05) is 0 Å².